The van der Waals surface area contributed by atoms with Crippen molar-refractivity contribution in [2.24, 2.45) is 5.92 Å². The molecule has 0 aliphatic carbocycles. The van der Waals surface area contributed by atoms with E-state index in [4.69, 9.17) is 14.0 Å². The van der Waals surface area contributed by atoms with Crippen molar-refractivity contribution in [2.45, 2.75) is 65.3 Å². The summed E-state index contributed by atoms with van der Waals surface area (Å²) < 4.78 is 19.8. The lowest BCUT2D eigenvalue weighted by atomic mass is 9.79. The Labute approximate surface area is 170 Å². The van der Waals surface area contributed by atoms with Crippen LogP contribution in [0.3, 0.4) is 0 Å². The van der Waals surface area contributed by atoms with Gasteiger partial charge in [0.05, 0.1) is 26.4 Å². The number of carbonyl (C=O) groups is 1. The number of fused-ring (bicyclic) bond motifs is 1. The average molecular weight is 402 g/mol. The van der Waals surface area contributed by atoms with E-state index in [9.17, 15) is 4.79 Å². The third-order valence-electron chi connectivity index (χ3n) is 6.10. The van der Waals surface area contributed by atoms with Crippen LogP contribution in [0.4, 0.5) is 0 Å². The van der Waals surface area contributed by atoms with Gasteiger partial charge in [0.15, 0.2) is 0 Å². The van der Waals surface area contributed by atoms with E-state index in [0.717, 1.165) is 26.4 Å². The first kappa shape index (κ1) is 19.7. The number of benzene rings is 1. The molecule has 3 heterocycles. The standard InChI is InChI=1S/C20H27BN2O4S/c1-11(13-7-17(24)22-10-13)25-16-9-14(8-15-18(16)28-12(2)23-15)21-26-19(3,4)20(5,6)27-21/h8-9,11,13H,7,10H2,1-6H3,(H,22,24)/t11-,13-/m1/s1. The van der Waals surface area contributed by atoms with Crippen LogP contribution in [0.1, 0.15) is 46.0 Å². The molecule has 6 nitrogen and oxygen atoms in total. The van der Waals surface area contributed by atoms with E-state index in [1.165, 1.54) is 0 Å². The Morgan fingerprint density at radius 2 is 1.96 bits per heavy atom. The number of aromatic nitrogens is 1. The molecule has 2 saturated heterocycles. The van der Waals surface area contributed by atoms with E-state index in [2.05, 4.69) is 10.3 Å². The minimum absolute atomic E-state index is 0.0851. The molecule has 2 aliphatic heterocycles. The largest absolute Gasteiger partial charge is 0.495 e. The molecule has 4 rings (SSSR count). The maximum absolute atomic E-state index is 11.6. The molecule has 28 heavy (non-hydrogen) atoms. The summed E-state index contributed by atoms with van der Waals surface area (Å²) in [4.78, 5) is 16.2. The first-order valence-electron chi connectivity index (χ1n) is 9.76. The molecule has 0 spiro atoms. The number of nitrogens with zero attached hydrogens (tertiary/aromatic N) is 1. The molecule has 8 heteroatoms. The van der Waals surface area contributed by atoms with Crippen LogP contribution in [0.25, 0.3) is 10.2 Å². The number of hydrogen-bond donors (Lipinski definition) is 1. The van der Waals surface area contributed by atoms with Gasteiger partial charge in [-0.15, -0.1) is 11.3 Å². The average Bonchev–Trinajstić information content (AvgIpc) is 3.23. The first-order valence-corrected chi connectivity index (χ1v) is 10.6. The Bertz CT molecular complexity index is 910. The van der Waals surface area contributed by atoms with Crippen molar-refractivity contribution >= 4 is 40.0 Å². The summed E-state index contributed by atoms with van der Waals surface area (Å²) in [5, 5.41) is 3.87. The van der Waals surface area contributed by atoms with Gasteiger partial charge in [0.2, 0.25) is 5.91 Å². The minimum atomic E-state index is -0.469. The number of rotatable bonds is 4. The highest BCUT2D eigenvalue weighted by Gasteiger charge is 2.52. The molecule has 1 aromatic heterocycles. The van der Waals surface area contributed by atoms with Gasteiger partial charge in [-0.3, -0.25) is 4.79 Å². The van der Waals surface area contributed by atoms with Crippen LogP contribution in [-0.4, -0.2) is 41.9 Å². The first-order chi connectivity index (χ1) is 13.1. The molecule has 2 atom stereocenters. The van der Waals surface area contributed by atoms with Crippen molar-refractivity contribution in [3.63, 3.8) is 0 Å². The highest BCUT2D eigenvalue weighted by Crippen LogP contribution is 2.38. The second-order valence-electron chi connectivity index (χ2n) is 8.78. The normalized spacial score (nSPS) is 24.6. The van der Waals surface area contributed by atoms with Crippen molar-refractivity contribution in [3.05, 3.63) is 17.1 Å². The Morgan fingerprint density at radius 3 is 2.57 bits per heavy atom. The molecule has 150 valence electrons. The SMILES string of the molecule is Cc1nc2cc(B3OC(C)(C)C(C)(C)O3)cc(O[C@H](C)[C@H]3CNC(=O)C3)c2s1. The van der Waals surface area contributed by atoms with Crippen LogP contribution < -0.4 is 15.5 Å². The fourth-order valence-corrected chi connectivity index (χ4v) is 4.45. The molecule has 0 bridgehead atoms. The lowest BCUT2D eigenvalue weighted by molar-refractivity contribution is -0.119. The molecule has 2 aliphatic rings. The predicted molar refractivity (Wildman–Crippen MR) is 111 cm³/mol. The van der Waals surface area contributed by atoms with Crippen molar-refractivity contribution < 1.29 is 18.8 Å². The van der Waals surface area contributed by atoms with Crippen LogP contribution in [-0.2, 0) is 14.1 Å². The Balaban J connectivity index is 1.67. The Hall–Kier alpha value is -1.64. The summed E-state index contributed by atoms with van der Waals surface area (Å²) in [5.41, 5.74) is 0.973. The van der Waals surface area contributed by atoms with Gasteiger partial charge in [0, 0.05) is 18.9 Å². The maximum atomic E-state index is 11.6. The number of amides is 1. The van der Waals surface area contributed by atoms with E-state index < -0.39 is 18.3 Å². The summed E-state index contributed by atoms with van der Waals surface area (Å²) in [6, 6.07) is 4.03. The summed E-state index contributed by atoms with van der Waals surface area (Å²) >= 11 is 1.61. The minimum Gasteiger partial charge on any atom is -0.489 e. The van der Waals surface area contributed by atoms with Crippen LogP contribution in [0.2, 0.25) is 0 Å². The zero-order chi connectivity index (χ0) is 20.3. The van der Waals surface area contributed by atoms with E-state index in [0.29, 0.717) is 13.0 Å². The van der Waals surface area contributed by atoms with Gasteiger partial charge in [-0.2, -0.15) is 0 Å². The number of nitrogens with one attached hydrogen (secondary N) is 1. The summed E-state index contributed by atoms with van der Waals surface area (Å²) in [6.07, 6.45) is 0.418. The van der Waals surface area contributed by atoms with Gasteiger partial charge >= 0.3 is 7.12 Å². The highest BCUT2D eigenvalue weighted by molar-refractivity contribution is 7.19. The third-order valence-corrected chi connectivity index (χ3v) is 7.10. The quantitative estimate of drug-likeness (QED) is 0.797. The van der Waals surface area contributed by atoms with E-state index in [-0.39, 0.29) is 17.9 Å². The molecular weight excluding hydrogens is 375 g/mol. The zero-order valence-corrected chi connectivity index (χ0v) is 18.1. The van der Waals surface area contributed by atoms with Crippen molar-refractivity contribution in [2.75, 3.05) is 6.54 Å². The number of aryl methyl sites for hydroxylation is 1. The van der Waals surface area contributed by atoms with Gasteiger partial charge in [0.25, 0.3) is 0 Å². The second-order valence-corrected chi connectivity index (χ2v) is 9.98. The van der Waals surface area contributed by atoms with Gasteiger partial charge in [-0.25, -0.2) is 4.98 Å². The van der Waals surface area contributed by atoms with Crippen LogP contribution in [0.15, 0.2) is 12.1 Å². The van der Waals surface area contributed by atoms with E-state index >= 15 is 0 Å². The number of carbonyl (C=O) groups excluding carboxylic acids is 1. The topological polar surface area (TPSA) is 69.7 Å². The van der Waals surface area contributed by atoms with Gasteiger partial charge in [-0.1, -0.05) is 0 Å². The number of hydrogen-bond acceptors (Lipinski definition) is 6. The van der Waals surface area contributed by atoms with Gasteiger partial charge in [-0.05, 0) is 59.1 Å². The van der Waals surface area contributed by atoms with Gasteiger partial charge < -0.3 is 19.4 Å². The predicted octanol–water partition coefficient (Wildman–Crippen LogP) is 2.81. The number of ether oxygens (including phenoxy) is 1. The van der Waals surface area contributed by atoms with Crippen molar-refractivity contribution in [1.82, 2.24) is 10.3 Å². The van der Waals surface area contributed by atoms with E-state index in [1.54, 1.807) is 11.3 Å². The number of thiazole rings is 1. The highest BCUT2D eigenvalue weighted by atomic mass is 32.1. The fourth-order valence-electron chi connectivity index (χ4n) is 3.59. The van der Waals surface area contributed by atoms with Crippen LogP contribution >= 0.6 is 11.3 Å². The monoisotopic (exact) mass is 402 g/mol. The summed E-state index contributed by atoms with van der Waals surface area (Å²) in [6.45, 7) is 12.8. The second kappa shape index (κ2) is 6.71. The van der Waals surface area contributed by atoms with E-state index in [1.807, 2.05) is 53.7 Å². The van der Waals surface area contributed by atoms with Crippen LogP contribution in [0, 0.1) is 12.8 Å². The lowest BCUT2D eigenvalue weighted by Gasteiger charge is -2.32. The molecule has 1 aromatic carbocycles. The molecule has 1 N–H and O–H groups in total. The zero-order valence-electron chi connectivity index (χ0n) is 17.3. The third kappa shape index (κ3) is 3.42. The smallest absolute Gasteiger partial charge is 0.489 e. The van der Waals surface area contributed by atoms with Gasteiger partial charge in [0.1, 0.15) is 11.9 Å². The molecule has 0 saturated carbocycles. The molecular formula is C20H27BN2O4S. The Kier molecular flexibility index (Phi) is 4.72. The van der Waals surface area contributed by atoms with Crippen LogP contribution in [0.5, 0.6) is 5.75 Å². The molecule has 0 unspecified atom stereocenters. The molecule has 2 aromatic rings. The fraction of sp³-hybridized carbons (Fsp3) is 0.600. The summed E-state index contributed by atoms with van der Waals surface area (Å²) in [5.74, 6) is 1.03. The molecule has 1 amide bonds. The molecule has 0 radical (unpaired) electrons. The lowest BCUT2D eigenvalue weighted by Crippen LogP contribution is -2.41. The maximum Gasteiger partial charge on any atom is 0.495 e. The Morgan fingerprint density at radius 1 is 1.29 bits per heavy atom. The van der Waals surface area contributed by atoms with Crippen molar-refractivity contribution in [3.8, 4) is 5.75 Å². The molecule has 2 fully saturated rings. The van der Waals surface area contributed by atoms with Crippen molar-refractivity contribution in [1.29, 1.82) is 0 Å². The summed E-state index contributed by atoms with van der Waals surface area (Å²) in [7, 11) is -0.469.